The van der Waals surface area contributed by atoms with Crippen molar-refractivity contribution in [2.45, 2.75) is 6.18 Å². The van der Waals surface area contributed by atoms with E-state index in [0.717, 1.165) is 6.07 Å². The van der Waals surface area contributed by atoms with Crippen molar-refractivity contribution >= 4 is 34.4 Å². The van der Waals surface area contributed by atoms with Crippen LogP contribution in [0.5, 0.6) is 0 Å². The molecule has 0 spiro atoms. The Labute approximate surface area is 122 Å². The van der Waals surface area contributed by atoms with E-state index in [1.165, 1.54) is 12.1 Å². The molecule has 0 saturated carbocycles. The van der Waals surface area contributed by atoms with Crippen molar-refractivity contribution in [3.05, 3.63) is 53.1 Å². The molecule has 0 amide bonds. The molecule has 108 valence electrons. The van der Waals surface area contributed by atoms with Crippen LogP contribution >= 0.6 is 11.6 Å². The first-order valence-electron chi connectivity index (χ1n) is 5.93. The average molecular weight is 313 g/mol. The first-order chi connectivity index (χ1) is 9.93. The molecule has 3 rings (SSSR count). The summed E-state index contributed by atoms with van der Waals surface area (Å²) in [6, 6.07) is 10.7. The fourth-order valence-electron chi connectivity index (χ4n) is 1.87. The first kappa shape index (κ1) is 13.8. The topological polar surface area (TPSA) is 38.1 Å². The van der Waals surface area contributed by atoms with Gasteiger partial charge in [0.15, 0.2) is 5.58 Å². The molecule has 0 aliphatic carbocycles. The molecule has 2 aromatic carbocycles. The van der Waals surface area contributed by atoms with Gasteiger partial charge >= 0.3 is 6.18 Å². The van der Waals surface area contributed by atoms with E-state index in [2.05, 4.69) is 10.3 Å². The number of halogens is 4. The Balaban J connectivity index is 1.94. The molecule has 0 fully saturated rings. The number of hydrogen-bond donors (Lipinski definition) is 1. The third kappa shape index (κ3) is 2.80. The summed E-state index contributed by atoms with van der Waals surface area (Å²) in [6.07, 6.45) is -4.52. The zero-order valence-corrected chi connectivity index (χ0v) is 11.2. The van der Waals surface area contributed by atoms with Crippen molar-refractivity contribution in [3.8, 4) is 0 Å². The van der Waals surface area contributed by atoms with Gasteiger partial charge < -0.3 is 9.73 Å². The van der Waals surface area contributed by atoms with Gasteiger partial charge in [-0.3, -0.25) is 0 Å². The van der Waals surface area contributed by atoms with Crippen LogP contribution in [0.2, 0.25) is 5.02 Å². The number of fused-ring (bicyclic) bond motifs is 1. The van der Waals surface area contributed by atoms with E-state index in [9.17, 15) is 13.2 Å². The predicted octanol–water partition coefficient (Wildman–Crippen LogP) is 5.24. The van der Waals surface area contributed by atoms with Crippen molar-refractivity contribution < 1.29 is 17.6 Å². The second-order valence-corrected chi connectivity index (χ2v) is 4.71. The number of benzene rings is 2. The molecule has 3 nitrogen and oxygen atoms in total. The molecule has 3 aromatic rings. The molecule has 0 bridgehead atoms. The van der Waals surface area contributed by atoms with E-state index >= 15 is 0 Å². The van der Waals surface area contributed by atoms with Crippen LogP contribution in [-0.4, -0.2) is 4.98 Å². The van der Waals surface area contributed by atoms with Gasteiger partial charge in [0, 0.05) is 5.69 Å². The molecule has 0 radical (unpaired) electrons. The molecule has 1 aromatic heterocycles. The largest absolute Gasteiger partial charge is 0.423 e. The van der Waals surface area contributed by atoms with Gasteiger partial charge in [-0.2, -0.15) is 18.2 Å². The average Bonchev–Trinajstić information content (AvgIpc) is 2.82. The minimum Gasteiger partial charge on any atom is -0.423 e. The van der Waals surface area contributed by atoms with E-state index in [1.807, 2.05) is 0 Å². The van der Waals surface area contributed by atoms with Gasteiger partial charge in [0.05, 0.1) is 10.6 Å². The number of oxazole rings is 1. The number of rotatable bonds is 2. The lowest BCUT2D eigenvalue weighted by Gasteiger charge is -2.10. The number of para-hydroxylation sites is 2. The lowest BCUT2D eigenvalue weighted by atomic mass is 10.2. The lowest BCUT2D eigenvalue weighted by molar-refractivity contribution is -0.137. The van der Waals surface area contributed by atoms with Gasteiger partial charge in [0.25, 0.3) is 6.01 Å². The van der Waals surface area contributed by atoms with Crippen LogP contribution in [0.25, 0.3) is 11.1 Å². The summed E-state index contributed by atoms with van der Waals surface area (Å²) in [5.74, 6) is 0. The number of nitrogens with one attached hydrogen (secondary N) is 1. The Hall–Kier alpha value is -2.21. The molecule has 0 atom stereocenters. The maximum absolute atomic E-state index is 12.8. The third-order valence-electron chi connectivity index (χ3n) is 2.82. The molecule has 0 aliphatic heterocycles. The van der Waals surface area contributed by atoms with Crippen molar-refractivity contribution in [1.82, 2.24) is 4.98 Å². The highest BCUT2D eigenvalue weighted by Gasteiger charge is 2.33. The van der Waals surface area contributed by atoms with E-state index < -0.39 is 11.7 Å². The molecule has 1 heterocycles. The minimum absolute atomic E-state index is 0.117. The first-order valence-corrected chi connectivity index (χ1v) is 6.30. The molecule has 1 N–H and O–H groups in total. The van der Waals surface area contributed by atoms with E-state index in [4.69, 9.17) is 16.0 Å². The summed E-state index contributed by atoms with van der Waals surface area (Å²) in [5, 5.41) is 2.34. The van der Waals surface area contributed by atoms with E-state index in [1.54, 1.807) is 24.3 Å². The molecular weight excluding hydrogens is 305 g/mol. The van der Waals surface area contributed by atoms with E-state index in [-0.39, 0.29) is 16.7 Å². The monoisotopic (exact) mass is 312 g/mol. The minimum atomic E-state index is -4.52. The zero-order chi connectivity index (χ0) is 15.0. The predicted molar refractivity (Wildman–Crippen MR) is 73.7 cm³/mol. The molecular formula is C14H8ClF3N2O. The molecule has 0 aliphatic rings. The molecule has 21 heavy (non-hydrogen) atoms. The summed E-state index contributed by atoms with van der Waals surface area (Å²) in [7, 11) is 0. The summed E-state index contributed by atoms with van der Waals surface area (Å²) in [4.78, 5) is 4.13. The van der Waals surface area contributed by atoms with Gasteiger partial charge in [-0.25, -0.2) is 0 Å². The Bertz CT molecular complexity index is 765. The second-order valence-electron chi connectivity index (χ2n) is 4.30. The van der Waals surface area contributed by atoms with Gasteiger partial charge in [0.2, 0.25) is 0 Å². The van der Waals surface area contributed by atoms with Gasteiger partial charge in [-0.1, -0.05) is 23.7 Å². The summed E-state index contributed by atoms with van der Waals surface area (Å²) < 4.78 is 43.7. The third-order valence-corrected chi connectivity index (χ3v) is 3.15. The highest BCUT2D eigenvalue weighted by Crippen LogP contribution is 2.36. The van der Waals surface area contributed by atoms with Crippen LogP contribution in [0.15, 0.2) is 46.9 Å². The lowest BCUT2D eigenvalue weighted by Crippen LogP contribution is -2.06. The smallest absolute Gasteiger partial charge is 0.417 e. The fraction of sp³-hybridized carbons (Fsp3) is 0.0714. The van der Waals surface area contributed by atoms with Crippen LogP contribution < -0.4 is 5.32 Å². The van der Waals surface area contributed by atoms with Crippen LogP contribution in [0.4, 0.5) is 24.9 Å². The van der Waals surface area contributed by atoms with Crippen molar-refractivity contribution in [3.63, 3.8) is 0 Å². The fourth-order valence-corrected chi connectivity index (χ4v) is 2.09. The normalized spacial score (nSPS) is 11.8. The standard InChI is InChI=1S/C14H8ClF3N2O/c15-10-6-5-8(7-9(10)14(16,17)18)19-13-20-11-3-1-2-4-12(11)21-13/h1-7H,(H,19,20). The SMILES string of the molecule is FC(F)(F)c1cc(Nc2nc3ccccc3o2)ccc1Cl. The number of alkyl halides is 3. The van der Waals surface area contributed by atoms with Crippen molar-refractivity contribution in [1.29, 1.82) is 0 Å². The Kier molecular flexibility index (Phi) is 3.25. The number of aromatic nitrogens is 1. The van der Waals surface area contributed by atoms with E-state index in [0.29, 0.717) is 11.1 Å². The second kappa shape index (κ2) is 4.96. The van der Waals surface area contributed by atoms with Crippen LogP contribution in [0.3, 0.4) is 0 Å². The maximum Gasteiger partial charge on any atom is 0.417 e. The summed E-state index contributed by atoms with van der Waals surface area (Å²) >= 11 is 5.56. The Morgan fingerprint density at radius 2 is 1.86 bits per heavy atom. The van der Waals surface area contributed by atoms with Gasteiger partial charge in [-0.05, 0) is 30.3 Å². The van der Waals surface area contributed by atoms with Gasteiger partial charge in [0.1, 0.15) is 5.52 Å². The molecule has 0 unspecified atom stereocenters. The highest BCUT2D eigenvalue weighted by molar-refractivity contribution is 6.31. The summed E-state index contributed by atoms with van der Waals surface area (Å²) in [6.45, 7) is 0. The highest BCUT2D eigenvalue weighted by atomic mass is 35.5. The van der Waals surface area contributed by atoms with Crippen LogP contribution in [-0.2, 0) is 6.18 Å². The molecule has 0 saturated heterocycles. The zero-order valence-electron chi connectivity index (χ0n) is 10.4. The molecule has 7 heteroatoms. The van der Waals surface area contributed by atoms with Crippen molar-refractivity contribution in [2.75, 3.05) is 5.32 Å². The Morgan fingerprint density at radius 1 is 1.10 bits per heavy atom. The number of nitrogens with zero attached hydrogens (tertiary/aromatic N) is 1. The van der Waals surface area contributed by atoms with Gasteiger partial charge in [-0.15, -0.1) is 0 Å². The summed E-state index contributed by atoms with van der Waals surface area (Å²) in [5.41, 5.74) is 0.443. The van der Waals surface area contributed by atoms with Crippen LogP contribution in [0.1, 0.15) is 5.56 Å². The van der Waals surface area contributed by atoms with Crippen molar-refractivity contribution in [2.24, 2.45) is 0 Å². The maximum atomic E-state index is 12.8. The quantitative estimate of drug-likeness (QED) is 0.703. The number of hydrogen-bond acceptors (Lipinski definition) is 3. The van der Waals surface area contributed by atoms with Crippen LogP contribution in [0, 0.1) is 0 Å². The number of anilines is 2. The Morgan fingerprint density at radius 3 is 2.57 bits per heavy atom.